The number of sulfonamides is 2. The molecule has 114 valence electrons. The number of primary sulfonamides is 1. The minimum absolute atomic E-state index is 0.0108. The van der Waals surface area contributed by atoms with E-state index in [4.69, 9.17) is 10.9 Å². The van der Waals surface area contributed by atoms with Crippen molar-refractivity contribution in [2.24, 2.45) is 10.9 Å². The van der Waals surface area contributed by atoms with Gasteiger partial charge < -0.3 is 5.73 Å². The summed E-state index contributed by atoms with van der Waals surface area (Å²) in [6.45, 7) is 2.03. The molecule has 0 atom stereocenters. The van der Waals surface area contributed by atoms with Crippen LogP contribution in [0.3, 0.4) is 0 Å². The molecule has 0 aliphatic heterocycles. The van der Waals surface area contributed by atoms with Crippen molar-refractivity contribution >= 4 is 20.0 Å². The third kappa shape index (κ3) is 5.17. The van der Waals surface area contributed by atoms with Gasteiger partial charge in [-0.2, -0.15) is 0 Å². The summed E-state index contributed by atoms with van der Waals surface area (Å²) in [4.78, 5) is 0.158. The van der Waals surface area contributed by atoms with Crippen molar-refractivity contribution in [1.82, 2.24) is 4.72 Å². The van der Waals surface area contributed by atoms with Crippen LogP contribution in [0.5, 0.6) is 0 Å². The number of aryl methyl sites for hydroxylation is 1. The fraction of sp³-hybridized carbons (Fsp3) is 0.455. The van der Waals surface area contributed by atoms with E-state index >= 15 is 0 Å². The zero-order valence-corrected chi connectivity index (χ0v) is 12.8. The zero-order valence-electron chi connectivity index (χ0n) is 11.2. The SMILES string of the molecule is Cc1cc(CN)ccc1S(=O)(=O)NCCCS(N)(=O)=O. The second-order valence-corrected chi connectivity index (χ2v) is 7.89. The van der Waals surface area contributed by atoms with Crippen molar-refractivity contribution in [3.05, 3.63) is 29.3 Å². The summed E-state index contributed by atoms with van der Waals surface area (Å²) in [7, 11) is -7.23. The van der Waals surface area contributed by atoms with Gasteiger partial charge in [-0.1, -0.05) is 12.1 Å². The Bertz CT molecular complexity index is 669. The van der Waals surface area contributed by atoms with Crippen LogP contribution >= 0.6 is 0 Å². The Balaban J connectivity index is 2.74. The van der Waals surface area contributed by atoms with E-state index in [0.717, 1.165) is 5.56 Å². The van der Waals surface area contributed by atoms with Gasteiger partial charge in [0, 0.05) is 13.1 Å². The van der Waals surface area contributed by atoms with Gasteiger partial charge in [-0.05, 0) is 30.5 Å². The Morgan fingerprint density at radius 2 is 1.85 bits per heavy atom. The van der Waals surface area contributed by atoms with E-state index in [1.54, 1.807) is 19.1 Å². The molecular formula is C11H19N3O4S2. The molecule has 0 unspecified atom stereocenters. The summed E-state index contributed by atoms with van der Waals surface area (Å²) in [5.41, 5.74) is 6.92. The molecule has 0 aliphatic carbocycles. The molecule has 1 rings (SSSR count). The monoisotopic (exact) mass is 321 g/mol. The Morgan fingerprint density at radius 1 is 1.20 bits per heavy atom. The van der Waals surface area contributed by atoms with E-state index < -0.39 is 20.0 Å². The van der Waals surface area contributed by atoms with Gasteiger partial charge in [0.15, 0.2) is 0 Å². The van der Waals surface area contributed by atoms with Gasteiger partial charge in [-0.3, -0.25) is 0 Å². The predicted molar refractivity (Wildman–Crippen MR) is 76.9 cm³/mol. The minimum Gasteiger partial charge on any atom is -0.326 e. The highest BCUT2D eigenvalue weighted by Crippen LogP contribution is 2.16. The van der Waals surface area contributed by atoms with Crippen molar-refractivity contribution in [1.29, 1.82) is 0 Å². The van der Waals surface area contributed by atoms with E-state index in [-0.39, 0.29) is 23.6 Å². The van der Waals surface area contributed by atoms with Crippen molar-refractivity contribution in [2.45, 2.75) is 24.8 Å². The number of nitrogens with two attached hydrogens (primary N) is 2. The Labute approximate surface area is 119 Å². The molecule has 9 heteroatoms. The molecule has 20 heavy (non-hydrogen) atoms. The van der Waals surface area contributed by atoms with Crippen LogP contribution in [0.25, 0.3) is 0 Å². The molecule has 5 N–H and O–H groups in total. The highest BCUT2D eigenvalue weighted by molar-refractivity contribution is 7.89. The molecule has 0 saturated heterocycles. The molecule has 0 heterocycles. The van der Waals surface area contributed by atoms with E-state index in [2.05, 4.69) is 4.72 Å². The lowest BCUT2D eigenvalue weighted by molar-refractivity contribution is 0.576. The molecule has 0 radical (unpaired) electrons. The first-order chi connectivity index (χ1) is 9.15. The molecule has 0 aliphatic rings. The fourth-order valence-corrected chi connectivity index (χ4v) is 3.54. The van der Waals surface area contributed by atoms with E-state index in [1.807, 2.05) is 0 Å². The molecule has 0 fully saturated rings. The van der Waals surface area contributed by atoms with Crippen molar-refractivity contribution in [3.63, 3.8) is 0 Å². The maximum Gasteiger partial charge on any atom is 0.240 e. The zero-order chi connectivity index (χ0) is 15.4. The number of nitrogens with one attached hydrogen (secondary N) is 1. The van der Waals surface area contributed by atoms with Crippen LogP contribution in [-0.4, -0.2) is 29.1 Å². The highest BCUT2D eigenvalue weighted by atomic mass is 32.2. The van der Waals surface area contributed by atoms with Gasteiger partial charge in [0.05, 0.1) is 10.6 Å². The molecule has 0 saturated carbocycles. The van der Waals surface area contributed by atoms with Crippen LogP contribution < -0.4 is 15.6 Å². The average Bonchev–Trinajstić information content (AvgIpc) is 2.33. The van der Waals surface area contributed by atoms with Gasteiger partial charge in [0.1, 0.15) is 0 Å². The van der Waals surface area contributed by atoms with Crippen LogP contribution in [-0.2, 0) is 26.6 Å². The summed E-state index contributed by atoms with van der Waals surface area (Å²) in [5.74, 6) is -0.263. The van der Waals surface area contributed by atoms with Gasteiger partial charge in [0.2, 0.25) is 20.0 Å². The molecule has 1 aromatic carbocycles. The third-order valence-corrected chi connectivity index (χ3v) is 5.14. The fourth-order valence-electron chi connectivity index (χ4n) is 1.70. The maximum absolute atomic E-state index is 12.1. The summed E-state index contributed by atoms with van der Waals surface area (Å²) in [5, 5.41) is 4.84. The first-order valence-electron chi connectivity index (χ1n) is 5.95. The number of rotatable bonds is 7. The molecule has 1 aromatic rings. The number of hydrogen-bond acceptors (Lipinski definition) is 5. The van der Waals surface area contributed by atoms with Crippen LogP contribution in [0.4, 0.5) is 0 Å². The number of hydrogen-bond donors (Lipinski definition) is 3. The second-order valence-electron chi connectivity index (χ2n) is 4.42. The second kappa shape index (κ2) is 6.64. The van der Waals surface area contributed by atoms with Crippen LogP contribution in [0.2, 0.25) is 0 Å². The minimum atomic E-state index is -3.66. The van der Waals surface area contributed by atoms with Crippen LogP contribution in [0.15, 0.2) is 23.1 Å². The van der Waals surface area contributed by atoms with Crippen molar-refractivity contribution < 1.29 is 16.8 Å². The molecular weight excluding hydrogens is 302 g/mol. The molecule has 7 nitrogen and oxygen atoms in total. The topological polar surface area (TPSA) is 132 Å². The smallest absolute Gasteiger partial charge is 0.240 e. The lowest BCUT2D eigenvalue weighted by atomic mass is 10.1. The maximum atomic E-state index is 12.1. The predicted octanol–water partition coefficient (Wildman–Crippen LogP) is -0.589. The third-order valence-electron chi connectivity index (χ3n) is 2.66. The molecule has 0 spiro atoms. The molecule has 0 aromatic heterocycles. The summed E-state index contributed by atoms with van der Waals surface area (Å²) < 4.78 is 47.9. The van der Waals surface area contributed by atoms with Gasteiger partial charge >= 0.3 is 0 Å². The van der Waals surface area contributed by atoms with E-state index in [0.29, 0.717) is 12.1 Å². The van der Waals surface area contributed by atoms with Crippen molar-refractivity contribution in [2.75, 3.05) is 12.3 Å². The molecule has 0 bridgehead atoms. The lowest BCUT2D eigenvalue weighted by Crippen LogP contribution is -2.28. The standard InChI is InChI=1S/C11H19N3O4S2/c1-9-7-10(8-12)3-4-11(9)20(17,18)14-5-2-6-19(13,15)16/h3-4,7,14H,2,5-6,8,12H2,1H3,(H2,13,15,16). The summed E-state index contributed by atoms with van der Waals surface area (Å²) in [6.07, 6.45) is 0.123. The van der Waals surface area contributed by atoms with Gasteiger partial charge in [0.25, 0.3) is 0 Å². The quantitative estimate of drug-likeness (QED) is 0.577. The summed E-state index contributed by atoms with van der Waals surface area (Å²) >= 11 is 0. The highest BCUT2D eigenvalue weighted by Gasteiger charge is 2.16. The lowest BCUT2D eigenvalue weighted by Gasteiger charge is -2.10. The Kier molecular flexibility index (Phi) is 5.66. The van der Waals surface area contributed by atoms with Crippen LogP contribution in [0.1, 0.15) is 17.5 Å². The average molecular weight is 321 g/mol. The summed E-state index contributed by atoms with van der Waals surface area (Å²) in [6, 6.07) is 4.84. The van der Waals surface area contributed by atoms with E-state index in [9.17, 15) is 16.8 Å². The van der Waals surface area contributed by atoms with Crippen molar-refractivity contribution in [3.8, 4) is 0 Å². The Morgan fingerprint density at radius 3 is 2.35 bits per heavy atom. The van der Waals surface area contributed by atoms with E-state index in [1.165, 1.54) is 6.07 Å². The first-order valence-corrected chi connectivity index (χ1v) is 9.15. The molecule has 0 amide bonds. The van der Waals surface area contributed by atoms with Gasteiger partial charge in [-0.25, -0.2) is 26.7 Å². The largest absolute Gasteiger partial charge is 0.326 e. The van der Waals surface area contributed by atoms with Gasteiger partial charge in [-0.15, -0.1) is 0 Å². The normalized spacial score (nSPS) is 12.6. The first kappa shape index (κ1) is 17.1. The van der Waals surface area contributed by atoms with Crippen LogP contribution in [0, 0.1) is 6.92 Å². The Hall–Kier alpha value is -1.00. The number of benzene rings is 1.